The van der Waals surface area contributed by atoms with Gasteiger partial charge in [0.05, 0.1) is 11.8 Å². The maximum absolute atomic E-state index is 5.66. The number of hydrogen-bond acceptors (Lipinski definition) is 3. The Hall–Kier alpha value is -2.50. The first-order chi connectivity index (χ1) is 12.3. The number of hydrogen-bond donors (Lipinski definition) is 1. The molecule has 0 saturated carbocycles. The maximum Gasteiger partial charge on any atom is 0.194 e. The molecule has 0 fully saturated rings. The van der Waals surface area contributed by atoms with Gasteiger partial charge >= 0.3 is 0 Å². The summed E-state index contributed by atoms with van der Waals surface area (Å²) in [6, 6.07) is 24.6. The maximum atomic E-state index is 5.66. The van der Waals surface area contributed by atoms with Crippen LogP contribution in [0.15, 0.2) is 83.3 Å². The van der Waals surface area contributed by atoms with Crippen molar-refractivity contribution in [3.63, 3.8) is 0 Å². The standard InChI is InChI=1S/C20H17N3S2/c24-20(21-16-10-5-2-6-11-16)23-18(19-12-7-13-25-19)14-17(22-23)15-8-3-1-4-9-15/h1-13,18H,14H2,(H,21,24). The van der Waals surface area contributed by atoms with Crippen molar-refractivity contribution in [1.82, 2.24) is 5.01 Å². The smallest absolute Gasteiger partial charge is 0.194 e. The van der Waals surface area contributed by atoms with Crippen molar-refractivity contribution < 1.29 is 0 Å². The van der Waals surface area contributed by atoms with E-state index in [0.29, 0.717) is 5.11 Å². The Bertz CT molecular complexity index is 874. The summed E-state index contributed by atoms with van der Waals surface area (Å²) < 4.78 is 0. The van der Waals surface area contributed by atoms with Crippen LogP contribution in [0.4, 0.5) is 5.69 Å². The third-order valence-electron chi connectivity index (χ3n) is 4.12. The minimum absolute atomic E-state index is 0.138. The lowest BCUT2D eigenvalue weighted by Crippen LogP contribution is -2.30. The van der Waals surface area contributed by atoms with Gasteiger partial charge in [-0.2, -0.15) is 5.10 Å². The van der Waals surface area contributed by atoms with Crippen LogP contribution in [-0.4, -0.2) is 15.8 Å². The highest BCUT2D eigenvalue weighted by atomic mass is 32.1. The predicted octanol–water partition coefficient (Wildman–Crippen LogP) is 5.30. The SMILES string of the molecule is S=C(Nc1ccccc1)N1N=C(c2ccccc2)CC1c1cccs1. The summed E-state index contributed by atoms with van der Waals surface area (Å²) in [5, 5.41) is 12.8. The topological polar surface area (TPSA) is 27.6 Å². The first kappa shape index (κ1) is 16.0. The molecule has 0 spiro atoms. The number of nitrogens with zero attached hydrogens (tertiary/aromatic N) is 2. The van der Waals surface area contributed by atoms with Gasteiger partial charge in [-0.3, -0.25) is 0 Å². The van der Waals surface area contributed by atoms with Gasteiger partial charge in [-0.15, -0.1) is 11.3 Å². The lowest BCUT2D eigenvalue weighted by atomic mass is 10.0. The number of para-hydroxylation sites is 1. The molecule has 0 bridgehead atoms. The normalized spacial score (nSPS) is 16.6. The van der Waals surface area contributed by atoms with Crippen LogP contribution in [0.5, 0.6) is 0 Å². The molecule has 2 heterocycles. The number of rotatable bonds is 3. The largest absolute Gasteiger partial charge is 0.331 e. The second kappa shape index (κ2) is 7.17. The molecule has 1 aliphatic rings. The van der Waals surface area contributed by atoms with E-state index in [4.69, 9.17) is 17.3 Å². The number of hydrazone groups is 1. The molecule has 0 aliphatic carbocycles. The summed E-state index contributed by atoms with van der Waals surface area (Å²) in [4.78, 5) is 1.27. The summed E-state index contributed by atoms with van der Waals surface area (Å²) in [5.74, 6) is 0. The van der Waals surface area contributed by atoms with Crippen molar-refractivity contribution in [3.05, 3.63) is 88.6 Å². The number of nitrogens with one attached hydrogen (secondary N) is 1. The van der Waals surface area contributed by atoms with Crippen LogP contribution in [0.2, 0.25) is 0 Å². The fraction of sp³-hybridized carbons (Fsp3) is 0.100. The zero-order chi connectivity index (χ0) is 17.1. The predicted molar refractivity (Wildman–Crippen MR) is 109 cm³/mol. The average Bonchev–Trinajstić information content (AvgIpc) is 3.33. The lowest BCUT2D eigenvalue weighted by Gasteiger charge is -2.23. The van der Waals surface area contributed by atoms with Gasteiger partial charge < -0.3 is 5.32 Å². The van der Waals surface area contributed by atoms with Gasteiger partial charge in [-0.1, -0.05) is 54.6 Å². The molecule has 5 heteroatoms. The van der Waals surface area contributed by atoms with Crippen LogP contribution >= 0.6 is 23.6 Å². The first-order valence-corrected chi connectivity index (χ1v) is 9.41. The second-order valence-electron chi connectivity index (χ2n) is 5.79. The van der Waals surface area contributed by atoms with Gasteiger partial charge in [0, 0.05) is 17.0 Å². The summed E-state index contributed by atoms with van der Waals surface area (Å²) in [5.41, 5.74) is 3.19. The number of thiocarbonyl (C=S) groups is 1. The molecule has 2 aromatic carbocycles. The van der Waals surface area contributed by atoms with Crippen LogP contribution in [0, 0.1) is 0 Å². The molecule has 1 aliphatic heterocycles. The van der Waals surface area contributed by atoms with Crippen LogP contribution in [0.3, 0.4) is 0 Å². The van der Waals surface area contributed by atoms with Gasteiger partial charge in [-0.25, -0.2) is 5.01 Å². The van der Waals surface area contributed by atoms with E-state index in [2.05, 4.69) is 35.0 Å². The van der Waals surface area contributed by atoms with E-state index in [1.54, 1.807) is 11.3 Å². The summed E-state index contributed by atoms with van der Waals surface area (Å²) in [6.45, 7) is 0. The van der Waals surface area contributed by atoms with Crippen molar-refractivity contribution in [1.29, 1.82) is 0 Å². The molecule has 1 N–H and O–H groups in total. The van der Waals surface area contributed by atoms with Crippen LogP contribution in [0.1, 0.15) is 22.9 Å². The van der Waals surface area contributed by atoms with E-state index in [1.807, 2.05) is 53.5 Å². The Kier molecular flexibility index (Phi) is 4.59. The molecule has 4 rings (SSSR count). The molecule has 0 saturated heterocycles. The molecule has 1 atom stereocenters. The van der Waals surface area contributed by atoms with E-state index in [0.717, 1.165) is 23.4 Å². The summed E-state index contributed by atoms with van der Waals surface area (Å²) in [6.07, 6.45) is 0.848. The second-order valence-corrected chi connectivity index (χ2v) is 7.15. The molecule has 0 radical (unpaired) electrons. The van der Waals surface area contributed by atoms with Crippen LogP contribution in [0.25, 0.3) is 0 Å². The fourth-order valence-electron chi connectivity index (χ4n) is 2.91. The van der Waals surface area contributed by atoms with E-state index >= 15 is 0 Å². The lowest BCUT2D eigenvalue weighted by molar-refractivity contribution is 0.380. The zero-order valence-electron chi connectivity index (χ0n) is 13.5. The molecule has 25 heavy (non-hydrogen) atoms. The third-order valence-corrected chi connectivity index (χ3v) is 5.38. The molecular formula is C20H17N3S2. The Morgan fingerprint density at radius 2 is 1.72 bits per heavy atom. The average molecular weight is 364 g/mol. The number of anilines is 1. The van der Waals surface area contributed by atoms with Gasteiger partial charge in [0.1, 0.15) is 0 Å². The van der Waals surface area contributed by atoms with Crippen molar-refractivity contribution in [3.8, 4) is 0 Å². The molecule has 1 unspecified atom stereocenters. The summed E-state index contributed by atoms with van der Waals surface area (Å²) >= 11 is 7.40. The molecule has 3 nitrogen and oxygen atoms in total. The van der Waals surface area contributed by atoms with E-state index in [9.17, 15) is 0 Å². The van der Waals surface area contributed by atoms with Crippen molar-refractivity contribution >= 4 is 40.1 Å². The minimum Gasteiger partial charge on any atom is -0.331 e. The van der Waals surface area contributed by atoms with E-state index < -0.39 is 0 Å². The summed E-state index contributed by atoms with van der Waals surface area (Å²) in [7, 11) is 0. The van der Waals surface area contributed by atoms with E-state index in [1.165, 1.54) is 4.88 Å². The monoisotopic (exact) mass is 363 g/mol. The number of benzene rings is 2. The Morgan fingerprint density at radius 1 is 1.00 bits per heavy atom. The minimum atomic E-state index is 0.138. The molecule has 3 aromatic rings. The molecule has 1 aromatic heterocycles. The van der Waals surface area contributed by atoms with Gasteiger partial charge in [0.2, 0.25) is 0 Å². The highest BCUT2D eigenvalue weighted by Crippen LogP contribution is 2.35. The third kappa shape index (κ3) is 3.48. The fourth-order valence-corrected chi connectivity index (χ4v) is 4.01. The van der Waals surface area contributed by atoms with Crippen LogP contribution < -0.4 is 5.32 Å². The van der Waals surface area contributed by atoms with Gasteiger partial charge in [0.15, 0.2) is 5.11 Å². The Balaban J connectivity index is 1.63. The van der Waals surface area contributed by atoms with Crippen molar-refractivity contribution in [2.75, 3.05) is 5.32 Å². The van der Waals surface area contributed by atoms with E-state index in [-0.39, 0.29) is 6.04 Å². The highest BCUT2D eigenvalue weighted by molar-refractivity contribution is 7.80. The molecule has 0 amide bonds. The van der Waals surface area contributed by atoms with Crippen molar-refractivity contribution in [2.45, 2.75) is 12.5 Å². The van der Waals surface area contributed by atoms with Gasteiger partial charge in [0.25, 0.3) is 0 Å². The van der Waals surface area contributed by atoms with Gasteiger partial charge in [-0.05, 0) is 41.4 Å². The Labute approximate surface area is 156 Å². The van der Waals surface area contributed by atoms with Crippen molar-refractivity contribution in [2.24, 2.45) is 5.10 Å². The zero-order valence-corrected chi connectivity index (χ0v) is 15.1. The molecule has 124 valence electrons. The highest BCUT2D eigenvalue weighted by Gasteiger charge is 2.32. The first-order valence-electron chi connectivity index (χ1n) is 8.13. The molecular weight excluding hydrogens is 346 g/mol. The quantitative estimate of drug-likeness (QED) is 0.640. The Morgan fingerprint density at radius 3 is 2.40 bits per heavy atom. The van der Waals surface area contributed by atoms with Crippen LogP contribution in [-0.2, 0) is 0 Å². The number of thiophene rings is 1.